The summed E-state index contributed by atoms with van der Waals surface area (Å²) in [4.78, 5) is 6.51. The van der Waals surface area contributed by atoms with Crippen LogP contribution in [0, 0.1) is 6.92 Å². The third-order valence-electron chi connectivity index (χ3n) is 2.63. The van der Waals surface area contributed by atoms with E-state index in [2.05, 4.69) is 47.6 Å². The molecule has 0 bridgehead atoms. The average Bonchev–Trinajstić information content (AvgIpc) is 2.61. The van der Waals surface area contributed by atoms with Gasteiger partial charge in [0.15, 0.2) is 0 Å². The van der Waals surface area contributed by atoms with Gasteiger partial charge in [-0.05, 0) is 45.3 Å². The summed E-state index contributed by atoms with van der Waals surface area (Å²) in [7, 11) is 4.12. The normalized spacial score (nSPS) is 11.1. The fraction of sp³-hybridized carbons (Fsp3) is 0.308. The Bertz CT molecular complexity index is 497. The first-order valence-electron chi connectivity index (χ1n) is 5.62. The molecule has 0 aliphatic rings. The van der Waals surface area contributed by atoms with Gasteiger partial charge in [0.05, 0.1) is 11.9 Å². The maximum Gasteiger partial charge on any atom is 0.137 e. The van der Waals surface area contributed by atoms with Gasteiger partial charge in [-0.2, -0.15) is 0 Å². The molecule has 0 unspecified atom stereocenters. The molecule has 2 heterocycles. The summed E-state index contributed by atoms with van der Waals surface area (Å²) >= 11 is 0. The molecule has 0 aromatic carbocycles. The Morgan fingerprint density at radius 3 is 2.59 bits per heavy atom. The highest BCUT2D eigenvalue weighted by Crippen LogP contribution is 2.16. The van der Waals surface area contributed by atoms with Crippen molar-refractivity contribution >= 4 is 5.69 Å². The lowest BCUT2D eigenvalue weighted by atomic mass is 10.3. The van der Waals surface area contributed by atoms with Crippen LogP contribution < -0.4 is 5.73 Å². The van der Waals surface area contributed by atoms with Gasteiger partial charge in [-0.3, -0.25) is 0 Å². The van der Waals surface area contributed by atoms with Gasteiger partial charge >= 0.3 is 0 Å². The zero-order chi connectivity index (χ0) is 12.4. The average molecular weight is 230 g/mol. The molecule has 2 rings (SSSR count). The molecule has 2 N–H and O–H groups in total. The Kier molecular flexibility index (Phi) is 3.15. The highest BCUT2D eigenvalue weighted by Gasteiger charge is 2.08. The number of nitrogen functional groups attached to an aromatic ring is 1. The number of nitrogens with zero attached hydrogens (tertiary/aromatic N) is 3. The van der Waals surface area contributed by atoms with E-state index in [9.17, 15) is 0 Å². The van der Waals surface area contributed by atoms with E-state index < -0.39 is 0 Å². The number of rotatable bonds is 3. The molecule has 0 amide bonds. The predicted molar refractivity (Wildman–Crippen MR) is 70.1 cm³/mol. The third kappa shape index (κ3) is 2.47. The topological polar surface area (TPSA) is 47.1 Å². The molecule has 0 radical (unpaired) electrons. The quantitative estimate of drug-likeness (QED) is 0.875. The second kappa shape index (κ2) is 4.59. The molecule has 2 aromatic rings. The molecule has 0 atom stereocenters. The van der Waals surface area contributed by atoms with E-state index in [4.69, 9.17) is 5.73 Å². The summed E-state index contributed by atoms with van der Waals surface area (Å²) in [6.45, 7) is 2.97. The van der Waals surface area contributed by atoms with Gasteiger partial charge in [-0.15, -0.1) is 0 Å². The van der Waals surface area contributed by atoms with E-state index in [0.717, 1.165) is 12.4 Å². The molecular formula is C13H18N4. The Morgan fingerprint density at radius 1 is 1.24 bits per heavy atom. The molecular weight excluding hydrogens is 212 g/mol. The second-order valence-corrected chi connectivity index (χ2v) is 4.49. The molecule has 0 aliphatic carbocycles. The maximum atomic E-state index is 5.66. The zero-order valence-electron chi connectivity index (χ0n) is 10.5. The van der Waals surface area contributed by atoms with E-state index in [0.29, 0.717) is 5.69 Å². The lowest BCUT2D eigenvalue weighted by molar-refractivity contribution is 0.393. The highest BCUT2D eigenvalue weighted by atomic mass is 15.1. The van der Waals surface area contributed by atoms with Crippen molar-refractivity contribution in [2.45, 2.75) is 13.5 Å². The van der Waals surface area contributed by atoms with Crippen LogP contribution in [0.1, 0.15) is 11.4 Å². The van der Waals surface area contributed by atoms with Crippen LogP contribution >= 0.6 is 0 Å². The minimum atomic E-state index is 0.688. The van der Waals surface area contributed by atoms with Crippen LogP contribution in [0.15, 0.2) is 30.5 Å². The van der Waals surface area contributed by atoms with Crippen molar-refractivity contribution in [3.8, 4) is 5.82 Å². The minimum absolute atomic E-state index is 0.688. The Morgan fingerprint density at radius 2 is 2.00 bits per heavy atom. The van der Waals surface area contributed by atoms with Gasteiger partial charge in [-0.25, -0.2) is 4.98 Å². The van der Waals surface area contributed by atoms with Crippen molar-refractivity contribution < 1.29 is 0 Å². The summed E-state index contributed by atoms with van der Waals surface area (Å²) in [6, 6.07) is 8.06. The lowest BCUT2D eigenvalue weighted by Crippen LogP contribution is -2.15. The zero-order valence-corrected chi connectivity index (χ0v) is 10.5. The smallest absolute Gasteiger partial charge is 0.137 e. The van der Waals surface area contributed by atoms with Gasteiger partial charge in [-0.1, -0.05) is 0 Å². The standard InChI is InChI=1S/C13H18N4/c1-10-4-6-12(9-16(2)3)17(10)13-7-5-11(14)8-15-13/h4-8H,9,14H2,1-3H3. The summed E-state index contributed by atoms with van der Waals surface area (Å²) in [5.41, 5.74) is 8.75. The molecule has 0 spiro atoms. The van der Waals surface area contributed by atoms with Crippen molar-refractivity contribution in [2.75, 3.05) is 19.8 Å². The number of aromatic nitrogens is 2. The summed E-state index contributed by atoms with van der Waals surface area (Å²) < 4.78 is 2.15. The SMILES string of the molecule is Cc1ccc(CN(C)C)n1-c1ccc(N)cn1. The first kappa shape index (κ1) is 11.7. The Balaban J connectivity index is 2.43. The highest BCUT2D eigenvalue weighted by molar-refractivity contribution is 5.40. The molecule has 0 saturated carbocycles. The molecule has 0 fully saturated rings. The van der Waals surface area contributed by atoms with Crippen LogP contribution in [0.2, 0.25) is 0 Å². The summed E-state index contributed by atoms with van der Waals surface area (Å²) in [5, 5.41) is 0. The maximum absolute atomic E-state index is 5.66. The number of hydrogen-bond acceptors (Lipinski definition) is 3. The second-order valence-electron chi connectivity index (χ2n) is 4.49. The minimum Gasteiger partial charge on any atom is -0.397 e. The van der Waals surface area contributed by atoms with Crippen LogP contribution in [-0.4, -0.2) is 28.5 Å². The fourth-order valence-electron chi connectivity index (χ4n) is 1.90. The van der Waals surface area contributed by atoms with E-state index in [-0.39, 0.29) is 0 Å². The summed E-state index contributed by atoms with van der Waals surface area (Å²) in [5.74, 6) is 0.915. The van der Waals surface area contributed by atoms with Gasteiger partial charge in [0.2, 0.25) is 0 Å². The van der Waals surface area contributed by atoms with Crippen molar-refractivity contribution in [2.24, 2.45) is 0 Å². The monoisotopic (exact) mass is 230 g/mol. The van der Waals surface area contributed by atoms with E-state index >= 15 is 0 Å². The van der Waals surface area contributed by atoms with Gasteiger partial charge < -0.3 is 15.2 Å². The molecule has 4 heteroatoms. The Hall–Kier alpha value is -1.81. The molecule has 2 aromatic heterocycles. The number of hydrogen-bond donors (Lipinski definition) is 1. The van der Waals surface area contributed by atoms with Crippen LogP contribution in [0.3, 0.4) is 0 Å². The van der Waals surface area contributed by atoms with Crippen LogP contribution in [0.5, 0.6) is 0 Å². The molecule has 17 heavy (non-hydrogen) atoms. The molecule has 0 aliphatic heterocycles. The van der Waals surface area contributed by atoms with Crippen LogP contribution in [0.25, 0.3) is 5.82 Å². The van der Waals surface area contributed by atoms with Crippen LogP contribution in [0.4, 0.5) is 5.69 Å². The van der Waals surface area contributed by atoms with Gasteiger partial charge in [0, 0.05) is 17.9 Å². The predicted octanol–water partition coefficient (Wildman–Crippen LogP) is 1.82. The fourth-order valence-corrected chi connectivity index (χ4v) is 1.90. The molecule has 0 saturated heterocycles. The van der Waals surface area contributed by atoms with Gasteiger partial charge in [0.1, 0.15) is 5.82 Å². The number of nitrogens with two attached hydrogens (primary N) is 1. The first-order chi connectivity index (χ1) is 8.08. The molecule has 4 nitrogen and oxygen atoms in total. The number of aryl methyl sites for hydroxylation is 1. The van der Waals surface area contributed by atoms with E-state index in [1.54, 1.807) is 6.20 Å². The van der Waals surface area contributed by atoms with Crippen molar-refractivity contribution in [1.82, 2.24) is 14.5 Å². The Labute approximate surface area is 102 Å². The van der Waals surface area contributed by atoms with E-state index in [1.807, 2.05) is 12.1 Å². The summed E-state index contributed by atoms with van der Waals surface area (Å²) in [6.07, 6.45) is 1.69. The van der Waals surface area contributed by atoms with Crippen molar-refractivity contribution in [3.63, 3.8) is 0 Å². The van der Waals surface area contributed by atoms with E-state index in [1.165, 1.54) is 11.4 Å². The lowest BCUT2D eigenvalue weighted by Gasteiger charge is -2.14. The molecule has 90 valence electrons. The largest absolute Gasteiger partial charge is 0.397 e. The third-order valence-corrected chi connectivity index (χ3v) is 2.63. The van der Waals surface area contributed by atoms with Gasteiger partial charge in [0.25, 0.3) is 0 Å². The number of anilines is 1. The number of pyridine rings is 1. The van der Waals surface area contributed by atoms with Crippen molar-refractivity contribution in [3.05, 3.63) is 41.9 Å². The van der Waals surface area contributed by atoms with Crippen LogP contribution in [-0.2, 0) is 6.54 Å². The van der Waals surface area contributed by atoms with Crippen molar-refractivity contribution in [1.29, 1.82) is 0 Å². The first-order valence-corrected chi connectivity index (χ1v) is 5.62.